The van der Waals surface area contributed by atoms with E-state index in [-0.39, 0.29) is 10.6 Å². The molecule has 1 aromatic heterocycles. The highest BCUT2D eigenvalue weighted by Crippen LogP contribution is 2.36. The van der Waals surface area contributed by atoms with Crippen molar-refractivity contribution in [2.24, 2.45) is 18.9 Å². The number of alkyl halides is 1. The molecule has 0 bridgehead atoms. The summed E-state index contributed by atoms with van der Waals surface area (Å²) in [6, 6.07) is 5.95. The summed E-state index contributed by atoms with van der Waals surface area (Å²) in [5.74, 6) is 0.788. The molecule has 2 atom stereocenters. The van der Waals surface area contributed by atoms with Crippen LogP contribution in [0.5, 0.6) is 0 Å². The second-order valence-electron chi connectivity index (χ2n) is 5.16. The molecule has 0 fully saturated rings. The van der Waals surface area contributed by atoms with Gasteiger partial charge in [-0.25, -0.2) is 4.79 Å². The Balaban J connectivity index is 2.44. The minimum Gasteiger partial charge on any atom is -0.408 e. The molecule has 2 rings (SSSR count). The average Bonchev–Trinajstić information content (AvgIpc) is 2.62. The maximum atomic E-state index is 11.4. The van der Waals surface area contributed by atoms with Crippen LogP contribution in [0.1, 0.15) is 31.2 Å². The summed E-state index contributed by atoms with van der Waals surface area (Å²) in [4.78, 5) is 11.7. The molecule has 98 valence electrons. The number of oxazole rings is 1. The minimum atomic E-state index is -0.315. The van der Waals surface area contributed by atoms with Gasteiger partial charge in [0.05, 0.1) is 5.52 Å². The molecule has 2 unspecified atom stereocenters. The largest absolute Gasteiger partial charge is 0.419 e. The van der Waals surface area contributed by atoms with E-state index in [2.05, 4.69) is 42.8 Å². The molecule has 0 aliphatic rings. The second kappa shape index (κ2) is 4.92. The number of halogens is 1. The van der Waals surface area contributed by atoms with Crippen LogP contribution in [-0.2, 0) is 7.05 Å². The van der Waals surface area contributed by atoms with Crippen LogP contribution in [0, 0.1) is 11.8 Å². The number of benzene rings is 1. The Labute approximate surface area is 115 Å². The standard InChI is InChI=1S/C14H18BrNO2/c1-8(2)9(3)13(15)10-5-6-11-12(7-10)18-14(17)16(11)4/h5-9,13H,1-4H3. The first-order chi connectivity index (χ1) is 8.41. The minimum absolute atomic E-state index is 0.271. The SMILES string of the molecule is CC(C)C(C)C(Br)c1ccc2c(c1)oc(=O)n2C. The van der Waals surface area contributed by atoms with Gasteiger partial charge in [0.2, 0.25) is 0 Å². The molecule has 3 nitrogen and oxygen atoms in total. The van der Waals surface area contributed by atoms with Crippen molar-refractivity contribution in [2.75, 3.05) is 0 Å². The molecule has 1 heterocycles. The van der Waals surface area contributed by atoms with Gasteiger partial charge in [-0.15, -0.1) is 0 Å². The average molecular weight is 312 g/mol. The fraction of sp³-hybridized carbons (Fsp3) is 0.500. The van der Waals surface area contributed by atoms with Gasteiger partial charge < -0.3 is 4.42 Å². The lowest BCUT2D eigenvalue weighted by molar-refractivity contribution is 0.414. The molecular formula is C14H18BrNO2. The number of fused-ring (bicyclic) bond motifs is 1. The van der Waals surface area contributed by atoms with E-state index >= 15 is 0 Å². The molecule has 0 aliphatic carbocycles. The van der Waals surface area contributed by atoms with Gasteiger partial charge >= 0.3 is 5.76 Å². The summed E-state index contributed by atoms with van der Waals surface area (Å²) in [5, 5.41) is 0. The summed E-state index contributed by atoms with van der Waals surface area (Å²) in [7, 11) is 1.72. The molecule has 0 saturated heterocycles. The zero-order valence-corrected chi connectivity index (χ0v) is 12.7. The van der Waals surface area contributed by atoms with Crippen molar-refractivity contribution in [3.8, 4) is 0 Å². The molecule has 1 aromatic carbocycles. The summed E-state index contributed by atoms with van der Waals surface area (Å²) < 4.78 is 6.74. The summed E-state index contributed by atoms with van der Waals surface area (Å²) in [6.07, 6.45) is 0. The molecule has 4 heteroatoms. The van der Waals surface area contributed by atoms with Crippen LogP contribution in [-0.4, -0.2) is 4.57 Å². The number of hydrogen-bond acceptors (Lipinski definition) is 2. The first-order valence-corrected chi connectivity index (χ1v) is 7.07. The van der Waals surface area contributed by atoms with Gasteiger partial charge in [0, 0.05) is 11.9 Å². The highest BCUT2D eigenvalue weighted by Gasteiger charge is 2.20. The monoisotopic (exact) mass is 311 g/mol. The fourth-order valence-corrected chi connectivity index (χ4v) is 2.86. The predicted molar refractivity (Wildman–Crippen MR) is 77.1 cm³/mol. The molecule has 2 aromatic rings. The van der Waals surface area contributed by atoms with Gasteiger partial charge in [-0.05, 0) is 29.5 Å². The topological polar surface area (TPSA) is 35.1 Å². The zero-order valence-electron chi connectivity index (χ0n) is 11.1. The quantitative estimate of drug-likeness (QED) is 0.807. The van der Waals surface area contributed by atoms with E-state index in [4.69, 9.17) is 4.42 Å². The normalized spacial score (nSPS) is 15.2. The third-order valence-corrected chi connectivity index (χ3v) is 5.01. The molecule has 0 saturated carbocycles. The molecule has 0 amide bonds. The van der Waals surface area contributed by atoms with E-state index in [0.29, 0.717) is 17.4 Å². The lowest BCUT2D eigenvalue weighted by Gasteiger charge is -2.22. The summed E-state index contributed by atoms with van der Waals surface area (Å²) in [6.45, 7) is 6.63. The van der Waals surface area contributed by atoms with E-state index in [1.165, 1.54) is 4.57 Å². The van der Waals surface area contributed by atoms with Crippen molar-refractivity contribution in [1.29, 1.82) is 0 Å². The maximum Gasteiger partial charge on any atom is 0.419 e. The highest BCUT2D eigenvalue weighted by molar-refractivity contribution is 9.09. The first-order valence-electron chi connectivity index (χ1n) is 6.15. The molecular weight excluding hydrogens is 294 g/mol. The molecule has 0 spiro atoms. The van der Waals surface area contributed by atoms with Crippen LogP contribution in [0.15, 0.2) is 27.4 Å². The molecule has 0 aliphatic heterocycles. The van der Waals surface area contributed by atoms with Crippen LogP contribution >= 0.6 is 15.9 Å². The zero-order chi connectivity index (χ0) is 13.4. The van der Waals surface area contributed by atoms with Crippen molar-refractivity contribution < 1.29 is 4.42 Å². The third kappa shape index (κ3) is 2.26. The van der Waals surface area contributed by atoms with E-state index in [0.717, 1.165) is 11.1 Å². The Kier molecular flexibility index (Phi) is 3.66. The van der Waals surface area contributed by atoms with E-state index < -0.39 is 0 Å². The van der Waals surface area contributed by atoms with E-state index in [1.54, 1.807) is 7.05 Å². The smallest absolute Gasteiger partial charge is 0.408 e. The van der Waals surface area contributed by atoms with Gasteiger partial charge in [-0.1, -0.05) is 42.8 Å². The van der Waals surface area contributed by atoms with Gasteiger partial charge in [0.1, 0.15) is 0 Å². The van der Waals surface area contributed by atoms with Gasteiger partial charge in [-0.3, -0.25) is 4.57 Å². The highest BCUT2D eigenvalue weighted by atomic mass is 79.9. The third-order valence-electron chi connectivity index (χ3n) is 3.65. The Morgan fingerprint density at radius 3 is 2.56 bits per heavy atom. The second-order valence-corrected chi connectivity index (χ2v) is 6.15. The lowest BCUT2D eigenvalue weighted by Crippen LogP contribution is -2.10. The van der Waals surface area contributed by atoms with Crippen molar-refractivity contribution >= 4 is 27.0 Å². The first kappa shape index (κ1) is 13.4. The Hall–Kier alpha value is -1.03. The van der Waals surface area contributed by atoms with Crippen molar-refractivity contribution in [3.63, 3.8) is 0 Å². The van der Waals surface area contributed by atoms with Crippen LogP contribution in [0.25, 0.3) is 11.1 Å². The van der Waals surface area contributed by atoms with Crippen LogP contribution < -0.4 is 5.76 Å². The maximum absolute atomic E-state index is 11.4. The van der Waals surface area contributed by atoms with Gasteiger partial charge in [0.15, 0.2) is 5.58 Å². The number of aryl methyl sites for hydroxylation is 1. The summed E-state index contributed by atoms with van der Waals surface area (Å²) in [5.41, 5.74) is 2.64. The summed E-state index contributed by atoms with van der Waals surface area (Å²) >= 11 is 3.74. The van der Waals surface area contributed by atoms with Gasteiger partial charge in [0.25, 0.3) is 0 Å². The molecule has 18 heavy (non-hydrogen) atoms. The fourth-order valence-electron chi connectivity index (χ4n) is 1.96. The van der Waals surface area contributed by atoms with Crippen molar-refractivity contribution in [1.82, 2.24) is 4.57 Å². The van der Waals surface area contributed by atoms with Crippen LogP contribution in [0.2, 0.25) is 0 Å². The molecule has 0 radical (unpaired) electrons. The molecule has 0 N–H and O–H groups in total. The Morgan fingerprint density at radius 2 is 1.94 bits per heavy atom. The number of nitrogens with zero attached hydrogens (tertiary/aromatic N) is 1. The number of aromatic nitrogens is 1. The van der Waals surface area contributed by atoms with Gasteiger partial charge in [-0.2, -0.15) is 0 Å². The number of hydrogen-bond donors (Lipinski definition) is 0. The van der Waals surface area contributed by atoms with Crippen LogP contribution in [0.3, 0.4) is 0 Å². The Morgan fingerprint density at radius 1 is 1.28 bits per heavy atom. The van der Waals surface area contributed by atoms with Crippen molar-refractivity contribution in [3.05, 3.63) is 34.3 Å². The Bertz CT molecular complexity index is 612. The van der Waals surface area contributed by atoms with Crippen LogP contribution in [0.4, 0.5) is 0 Å². The predicted octanol–water partition coefficient (Wildman–Crippen LogP) is 3.86. The number of rotatable bonds is 3. The lowest BCUT2D eigenvalue weighted by atomic mass is 9.91. The van der Waals surface area contributed by atoms with E-state index in [1.807, 2.05) is 12.1 Å². The van der Waals surface area contributed by atoms with Crippen molar-refractivity contribution in [2.45, 2.75) is 25.6 Å². The van der Waals surface area contributed by atoms with E-state index in [9.17, 15) is 4.79 Å².